The molecule has 0 aromatic carbocycles. The second-order valence-electron chi connectivity index (χ2n) is 8.65. The molecular formula is C25H31Br2N3O3S. The van der Waals surface area contributed by atoms with Gasteiger partial charge in [0.1, 0.15) is 5.65 Å². The molecule has 0 radical (unpaired) electrons. The standard InChI is InChI=1S/C25H31Br2N3O3S/c1-16-20(17(31)12-10-8-6-4-5-7-9-11-15-26)21(18-13-14-19(27)34-18)22-23(28-16)29(2)25(33)30(3)24(22)32/h13-14H,4-12,15H2,1-3H3. The van der Waals surface area contributed by atoms with E-state index < -0.39 is 11.2 Å². The van der Waals surface area contributed by atoms with Crippen molar-refractivity contribution in [2.75, 3.05) is 5.33 Å². The maximum Gasteiger partial charge on any atom is 0.332 e. The van der Waals surface area contributed by atoms with Crippen molar-refractivity contribution in [2.24, 2.45) is 14.1 Å². The number of hydrogen-bond donors (Lipinski definition) is 0. The van der Waals surface area contributed by atoms with Crippen LogP contribution >= 0.6 is 43.2 Å². The van der Waals surface area contributed by atoms with Crippen molar-refractivity contribution in [1.29, 1.82) is 0 Å². The van der Waals surface area contributed by atoms with Crippen LogP contribution in [0.5, 0.6) is 0 Å². The number of aromatic nitrogens is 3. The lowest BCUT2D eigenvalue weighted by molar-refractivity contribution is 0.0979. The molecule has 3 aromatic rings. The molecule has 0 aliphatic carbocycles. The van der Waals surface area contributed by atoms with Crippen LogP contribution in [0.3, 0.4) is 0 Å². The van der Waals surface area contributed by atoms with Crippen molar-refractivity contribution >= 4 is 60.0 Å². The number of Topliss-reactive ketones (excluding diaryl/α,β-unsaturated/α-hetero) is 1. The van der Waals surface area contributed by atoms with Gasteiger partial charge in [-0.2, -0.15) is 0 Å². The quantitative estimate of drug-likeness (QED) is 0.133. The first-order valence-electron chi connectivity index (χ1n) is 11.7. The molecule has 184 valence electrons. The molecule has 0 saturated heterocycles. The van der Waals surface area contributed by atoms with Gasteiger partial charge in [-0.15, -0.1) is 11.3 Å². The molecule has 0 fully saturated rings. The fourth-order valence-electron chi connectivity index (χ4n) is 4.31. The summed E-state index contributed by atoms with van der Waals surface area (Å²) in [6, 6.07) is 3.81. The van der Waals surface area contributed by atoms with Gasteiger partial charge < -0.3 is 0 Å². The Hall–Kier alpha value is -1.58. The summed E-state index contributed by atoms with van der Waals surface area (Å²) in [5.41, 5.74) is 1.07. The number of hydrogen-bond acceptors (Lipinski definition) is 5. The second kappa shape index (κ2) is 12.4. The third-order valence-electron chi connectivity index (χ3n) is 6.15. The van der Waals surface area contributed by atoms with Gasteiger partial charge in [0.2, 0.25) is 0 Å². The minimum atomic E-state index is -0.436. The fraction of sp³-hybridized carbons (Fsp3) is 0.520. The van der Waals surface area contributed by atoms with Gasteiger partial charge in [-0.05, 0) is 47.8 Å². The van der Waals surface area contributed by atoms with Crippen molar-refractivity contribution in [3.63, 3.8) is 0 Å². The highest BCUT2D eigenvalue weighted by Crippen LogP contribution is 2.38. The van der Waals surface area contributed by atoms with E-state index >= 15 is 0 Å². The average Bonchev–Trinajstić information content (AvgIpc) is 3.25. The van der Waals surface area contributed by atoms with Gasteiger partial charge >= 0.3 is 5.69 Å². The van der Waals surface area contributed by atoms with Crippen LogP contribution < -0.4 is 11.2 Å². The highest BCUT2D eigenvalue weighted by Gasteiger charge is 2.25. The highest BCUT2D eigenvalue weighted by atomic mass is 79.9. The molecule has 0 bridgehead atoms. The van der Waals surface area contributed by atoms with Gasteiger partial charge in [0.15, 0.2) is 5.78 Å². The van der Waals surface area contributed by atoms with E-state index in [2.05, 4.69) is 36.8 Å². The molecule has 6 nitrogen and oxygen atoms in total. The Labute approximate surface area is 220 Å². The number of pyridine rings is 1. The molecular weight excluding hydrogens is 582 g/mol. The number of thiophene rings is 1. The Kier molecular flexibility index (Phi) is 9.85. The minimum Gasteiger partial charge on any atom is -0.294 e. The third kappa shape index (κ3) is 5.97. The number of halogens is 2. The molecule has 9 heteroatoms. The molecule has 0 unspecified atom stereocenters. The van der Waals surface area contributed by atoms with Gasteiger partial charge in [-0.3, -0.25) is 18.7 Å². The monoisotopic (exact) mass is 611 g/mol. The van der Waals surface area contributed by atoms with Gasteiger partial charge in [0.05, 0.1) is 14.9 Å². The van der Waals surface area contributed by atoms with Crippen LogP contribution in [0.25, 0.3) is 21.5 Å². The Morgan fingerprint density at radius 2 is 1.59 bits per heavy atom. The second-order valence-corrected chi connectivity index (χ2v) is 11.9. The number of aryl methyl sites for hydroxylation is 2. The molecule has 0 amide bonds. The molecule has 3 aromatic heterocycles. The molecule has 3 rings (SSSR count). The van der Waals surface area contributed by atoms with Crippen LogP contribution in [0.1, 0.15) is 73.8 Å². The zero-order chi connectivity index (χ0) is 24.8. The SMILES string of the molecule is Cc1nc2c(c(-c3ccc(Br)s3)c1C(=O)CCCCCCCCCCBr)c(=O)n(C)c(=O)n2C. The van der Waals surface area contributed by atoms with Crippen LogP contribution in [-0.4, -0.2) is 25.2 Å². The largest absolute Gasteiger partial charge is 0.332 e. The van der Waals surface area contributed by atoms with Gasteiger partial charge in [-0.25, -0.2) is 9.78 Å². The Morgan fingerprint density at radius 3 is 2.18 bits per heavy atom. The van der Waals surface area contributed by atoms with Crippen LogP contribution in [0.4, 0.5) is 0 Å². The molecule has 0 N–H and O–H groups in total. The van der Waals surface area contributed by atoms with E-state index in [0.717, 1.165) is 37.8 Å². The third-order valence-corrected chi connectivity index (χ3v) is 8.36. The summed E-state index contributed by atoms with van der Waals surface area (Å²) in [5.74, 6) is -0.000325. The lowest BCUT2D eigenvalue weighted by Gasteiger charge is -2.16. The molecule has 3 heterocycles. The molecule has 34 heavy (non-hydrogen) atoms. The molecule has 0 saturated carbocycles. The number of carbonyl (C=O) groups is 1. The van der Waals surface area contributed by atoms with E-state index in [9.17, 15) is 14.4 Å². The number of fused-ring (bicyclic) bond motifs is 1. The van der Waals surface area contributed by atoms with Crippen molar-refractivity contribution in [2.45, 2.75) is 64.7 Å². The van der Waals surface area contributed by atoms with Crippen molar-refractivity contribution in [3.05, 3.63) is 48.0 Å². The first-order valence-corrected chi connectivity index (χ1v) is 14.5. The maximum absolute atomic E-state index is 13.4. The lowest BCUT2D eigenvalue weighted by atomic mass is 9.95. The Balaban J connectivity index is 1.90. The molecule has 0 aliphatic rings. The topological polar surface area (TPSA) is 74.0 Å². The number of nitrogens with zero attached hydrogens (tertiary/aromatic N) is 3. The number of rotatable bonds is 12. The van der Waals surface area contributed by atoms with Crippen LogP contribution in [0.15, 0.2) is 25.5 Å². The van der Waals surface area contributed by atoms with E-state index in [-0.39, 0.29) is 5.78 Å². The summed E-state index contributed by atoms with van der Waals surface area (Å²) in [7, 11) is 3.06. The summed E-state index contributed by atoms with van der Waals surface area (Å²) in [5, 5.41) is 1.39. The summed E-state index contributed by atoms with van der Waals surface area (Å²) in [6.45, 7) is 1.79. The molecule has 0 spiro atoms. The maximum atomic E-state index is 13.4. The summed E-state index contributed by atoms with van der Waals surface area (Å²) < 4.78 is 3.36. The van der Waals surface area contributed by atoms with E-state index in [1.54, 1.807) is 14.0 Å². The van der Waals surface area contributed by atoms with Crippen molar-refractivity contribution in [3.8, 4) is 10.4 Å². The van der Waals surface area contributed by atoms with E-state index in [0.29, 0.717) is 34.3 Å². The Bertz CT molecular complexity index is 1290. The zero-order valence-electron chi connectivity index (χ0n) is 20.0. The number of carbonyl (C=O) groups excluding carboxylic acids is 1. The van der Waals surface area contributed by atoms with Gasteiger partial charge in [-0.1, -0.05) is 54.5 Å². The summed E-state index contributed by atoms with van der Waals surface area (Å²) in [6.07, 6.45) is 9.59. The average molecular weight is 613 g/mol. The molecule has 0 atom stereocenters. The van der Waals surface area contributed by atoms with E-state index in [1.807, 2.05) is 12.1 Å². The fourth-order valence-corrected chi connectivity index (χ4v) is 6.15. The number of alkyl halides is 1. The smallest absolute Gasteiger partial charge is 0.294 e. The normalized spacial score (nSPS) is 11.4. The van der Waals surface area contributed by atoms with Crippen molar-refractivity contribution < 1.29 is 4.79 Å². The number of unbranched alkanes of at least 4 members (excludes halogenated alkanes) is 7. The predicted octanol–water partition coefficient (Wildman–Crippen LogP) is 6.52. The number of ketones is 1. The highest BCUT2D eigenvalue weighted by molar-refractivity contribution is 9.11. The van der Waals surface area contributed by atoms with Gasteiger partial charge in [0.25, 0.3) is 5.56 Å². The van der Waals surface area contributed by atoms with E-state index in [4.69, 9.17) is 0 Å². The first-order chi connectivity index (χ1) is 16.3. The Morgan fingerprint density at radius 1 is 0.971 bits per heavy atom. The predicted molar refractivity (Wildman–Crippen MR) is 148 cm³/mol. The van der Waals surface area contributed by atoms with Crippen LogP contribution in [0, 0.1) is 6.92 Å². The first kappa shape index (κ1) is 27.0. The summed E-state index contributed by atoms with van der Waals surface area (Å²) >= 11 is 8.42. The minimum absolute atomic E-state index is 0.000325. The summed E-state index contributed by atoms with van der Waals surface area (Å²) in [4.78, 5) is 44.5. The lowest BCUT2D eigenvalue weighted by Crippen LogP contribution is -2.38. The van der Waals surface area contributed by atoms with Crippen molar-refractivity contribution in [1.82, 2.24) is 14.1 Å². The zero-order valence-corrected chi connectivity index (χ0v) is 23.9. The molecule has 0 aliphatic heterocycles. The van der Waals surface area contributed by atoms with Crippen LogP contribution in [0.2, 0.25) is 0 Å². The van der Waals surface area contributed by atoms with Gasteiger partial charge in [0, 0.05) is 41.9 Å². The van der Waals surface area contributed by atoms with Crippen LogP contribution in [-0.2, 0) is 14.1 Å². The van der Waals surface area contributed by atoms with E-state index in [1.165, 1.54) is 55.1 Å².